The molecule has 0 spiro atoms. The maximum Gasteiger partial charge on any atom is 0.255 e. The molecule has 1 aromatic rings. The van der Waals surface area contributed by atoms with Gasteiger partial charge in [0.15, 0.2) is 0 Å². The number of carbonyl (C=O) groups excluding carboxylic acids is 1. The van der Waals surface area contributed by atoms with Gasteiger partial charge in [-0.1, -0.05) is 0 Å². The third kappa shape index (κ3) is 3.55. The number of hydrogen-bond acceptors (Lipinski definition) is 4. The third-order valence-electron chi connectivity index (χ3n) is 2.00. The second kappa shape index (κ2) is 6.57. The Balaban J connectivity index is 2.77. The van der Waals surface area contributed by atoms with E-state index >= 15 is 0 Å². The van der Waals surface area contributed by atoms with Crippen LogP contribution in [-0.2, 0) is 0 Å². The Morgan fingerprint density at radius 2 is 1.94 bits per heavy atom. The summed E-state index contributed by atoms with van der Waals surface area (Å²) >= 11 is 3.18. The third-order valence-corrected chi connectivity index (χ3v) is 2.47. The highest BCUT2D eigenvalue weighted by Crippen LogP contribution is 2.08. The lowest BCUT2D eigenvalue weighted by molar-refractivity contribution is 0.0684. The van der Waals surface area contributed by atoms with Crippen molar-refractivity contribution in [2.24, 2.45) is 0 Å². The highest BCUT2D eigenvalue weighted by Gasteiger charge is 2.14. The van der Waals surface area contributed by atoms with E-state index in [0.717, 1.165) is 0 Å². The number of hydrogen-bond donors (Lipinski definition) is 2. The first-order valence-corrected chi connectivity index (χ1v) is 5.61. The molecule has 0 atom stereocenters. The molecule has 0 radical (unpaired) electrons. The van der Waals surface area contributed by atoms with Crippen molar-refractivity contribution >= 4 is 21.8 Å². The van der Waals surface area contributed by atoms with Crippen molar-refractivity contribution in [1.82, 2.24) is 9.88 Å². The maximum absolute atomic E-state index is 11.9. The summed E-state index contributed by atoms with van der Waals surface area (Å²) in [5.74, 6) is -0.247. The van der Waals surface area contributed by atoms with Crippen molar-refractivity contribution in [1.29, 1.82) is 0 Å². The van der Waals surface area contributed by atoms with Crippen molar-refractivity contribution in [2.75, 3.05) is 26.3 Å². The molecule has 0 bridgehead atoms. The predicted octanol–water partition coefficient (Wildman–Crippen LogP) is 0.271. The Hall–Kier alpha value is -0.980. The number of nitrogens with zero attached hydrogens (tertiary/aromatic N) is 2. The highest BCUT2D eigenvalue weighted by atomic mass is 79.9. The quantitative estimate of drug-likeness (QED) is 0.763. The van der Waals surface area contributed by atoms with Gasteiger partial charge in [0.1, 0.15) is 4.60 Å². The van der Waals surface area contributed by atoms with Crippen LogP contribution in [0.25, 0.3) is 0 Å². The van der Waals surface area contributed by atoms with Gasteiger partial charge in [-0.2, -0.15) is 0 Å². The SMILES string of the molecule is O=C(c1ccc(Br)nc1)N(CCO)CCO. The zero-order valence-corrected chi connectivity index (χ0v) is 10.2. The lowest BCUT2D eigenvalue weighted by atomic mass is 10.2. The Morgan fingerprint density at radius 1 is 1.31 bits per heavy atom. The van der Waals surface area contributed by atoms with Gasteiger partial charge in [0.05, 0.1) is 18.8 Å². The first kappa shape index (κ1) is 13.1. The van der Waals surface area contributed by atoms with Crippen molar-refractivity contribution in [2.45, 2.75) is 0 Å². The van der Waals surface area contributed by atoms with Crippen LogP contribution in [0.2, 0.25) is 0 Å². The summed E-state index contributed by atoms with van der Waals surface area (Å²) in [5, 5.41) is 17.6. The minimum atomic E-state index is -0.247. The molecule has 0 fully saturated rings. The molecule has 0 unspecified atom stereocenters. The molecular weight excluding hydrogens is 276 g/mol. The van der Waals surface area contributed by atoms with Gasteiger partial charge < -0.3 is 15.1 Å². The average molecular weight is 289 g/mol. The highest BCUT2D eigenvalue weighted by molar-refractivity contribution is 9.10. The number of aromatic nitrogens is 1. The summed E-state index contributed by atoms with van der Waals surface area (Å²) < 4.78 is 0.653. The summed E-state index contributed by atoms with van der Waals surface area (Å²) in [6.45, 7) is 0.149. The standard InChI is InChI=1S/C10H13BrN2O3/c11-9-2-1-8(7-12-9)10(16)13(3-5-14)4-6-15/h1-2,7,14-15H,3-6H2. The monoisotopic (exact) mass is 288 g/mol. The van der Waals surface area contributed by atoms with Crippen LogP contribution in [0, 0.1) is 0 Å². The fourth-order valence-electron chi connectivity index (χ4n) is 1.24. The van der Waals surface area contributed by atoms with E-state index in [-0.39, 0.29) is 32.2 Å². The lowest BCUT2D eigenvalue weighted by Crippen LogP contribution is -2.35. The fraction of sp³-hybridized carbons (Fsp3) is 0.400. The normalized spacial score (nSPS) is 10.2. The molecule has 5 nitrogen and oxygen atoms in total. The number of halogens is 1. The molecule has 0 aromatic carbocycles. The summed E-state index contributed by atoms with van der Waals surface area (Å²) in [5.41, 5.74) is 0.435. The summed E-state index contributed by atoms with van der Waals surface area (Å²) in [4.78, 5) is 17.2. The average Bonchev–Trinajstić information content (AvgIpc) is 2.29. The summed E-state index contributed by atoms with van der Waals surface area (Å²) in [6, 6.07) is 3.31. The molecule has 16 heavy (non-hydrogen) atoms. The number of pyridine rings is 1. The topological polar surface area (TPSA) is 73.7 Å². The van der Waals surface area contributed by atoms with Gasteiger partial charge in [-0.15, -0.1) is 0 Å². The van der Waals surface area contributed by atoms with Gasteiger partial charge >= 0.3 is 0 Å². The molecule has 0 aliphatic rings. The molecule has 0 saturated carbocycles. The largest absolute Gasteiger partial charge is 0.395 e. The van der Waals surface area contributed by atoms with Gasteiger partial charge in [0, 0.05) is 19.3 Å². The van der Waals surface area contributed by atoms with Crippen molar-refractivity contribution in [3.63, 3.8) is 0 Å². The lowest BCUT2D eigenvalue weighted by Gasteiger charge is -2.20. The minimum absolute atomic E-state index is 0.129. The van der Waals surface area contributed by atoms with Crippen molar-refractivity contribution in [3.8, 4) is 0 Å². The fourth-order valence-corrected chi connectivity index (χ4v) is 1.48. The van der Waals surface area contributed by atoms with E-state index in [2.05, 4.69) is 20.9 Å². The Kier molecular flexibility index (Phi) is 5.37. The number of aliphatic hydroxyl groups excluding tert-OH is 2. The smallest absolute Gasteiger partial charge is 0.255 e. The van der Waals surface area contributed by atoms with Gasteiger partial charge in [-0.3, -0.25) is 4.79 Å². The molecule has 1 heterocycles. The van der Waals surface area contributed by atoms with Crippen LogP contribution in [0.3, 0.4) is 0 Å². The predicted molar refractivity (Wildman–Crippen MR) is 62.0 cm³/mol. The van der Waals surface area contributed by atoms with Gasteiger partial charge in [0.25, 0.3) is 5.91 Å². The van der Waals surface area contributed by atoms with Crippen LogP contribution in [0.1, 0.15) is 10.4 Å². The van der Waals surface area contributed by atoms with E-state index in [4.69, 9.17) is 10.2 Å². The van der Waals surface area contributed by atoms with E-state index in [9.17, 15) is 4.79 Å². The molecule has 0 aliphatic carbocycles. The molecule has 88 valence electrons. The number of carbonyl (C=O) groups is 1. The molecule has 1 aromatic heterocycles. The zero-order valence-electron chi connectivity index (χ0n) is 8.64. The van der Waals surface area contributed by atoms with Crippen LogP contribution < -0.4 is 0 Å². The van der Waals surface area contributed by atoms with E-state index in [1.54, 1.807) is 12.1 Å². The van der Waals surface area contributed by atoms with Crippen molar-refractivity contribution in [3.05, 3.63) is 28.5 Å². The Morgan fingerprint density at radius 3 is 2.38 bits per heavy atom. The molecular formula is C10H13BrN2O3. The maximum atomic E-state index is 11.9. The van der Waals surface area contributed by atoms with E-state index in [0.29, 0.717) is 10.2 Å². The molecule has 2 N–H and O–H groups in total. The Bertz CT molecular complexity index is 336. The van der Waals surface area contributed by atoms with E-state index < -0.39 is 0 Å². The van der Waals surface area contributed by atoms with Gasteiger partial charge in [0.2, 0.25) is 0 Å². The molecule has 1 amide bonds. The zero-order chi connectivity index (χ0) is 12.0. The first-order valence-electron chi connectivity index (χ1n) is 4.81. The van der Waals surface area contributed by atoms with Crippen LogP contribution >= 0.6 is 15.9 Å². The van der Waals surface area contributed by atoms with Crippen LogP contribution in [0.15, 0.2) is 22.9 Å². The molecule has 6 heteroatoms. The van der Waals surface area contributed by atoms with Crippen molar-refractivity contribution < 1.29 is 15.0 Å². The second-order valence-electron chi connectivity index (χ2n) is 3.11. The van der Waals surface area contributed by atoms with Gasteiger partial charge in [-0.25, -0.2) is 4.98 Å². The van der Waals surface area contributed by atoms with E-state index in [1.165, 1.54) is 11.1 Å². The molecule has 0 saturated heterocycles. The second-order valence-corrected chi connectivity index (χ2v) is 3.92. The minimum Gasteiger partial charge on any atom is -0.395 e. The Labute approximate surface area is 102 Å². The molecule has 0 aliphatic heterocycles. The van der Waals surface area contributed by atoms with Crippen LogP contribution in [-0.4, -0.2) is 52.3 Å². The number of aliphatic hydroxyl groups is 2. The number of amides is 1. The summed E-state index contributed by atoms with van der Waals surface area (Å²) in [7, 11) is 0. The van der Waals surface area contributed by atoms with Crippen LogP contribution in [0.4, 0.5) is 0 Å². The molecule has 1 rings (SSSR count). The number of rotatable bonds is 5. The first-order chi connectivity index (χ1) is 7.69. The van der Waals surface area contributed by atoms with Gasteiger partial charge in [-0.05, 0) is 28.1 Å². The van der Waals surface area contributed by atoms with Crippen LogP contribution in [0.5, 0.6) is 0 Å². The summed E-state index contributed by atoms with van der Waals surface area (Å²) in [6.07, 6.45) is 1.45. The van der Waals surface area contributed by atoms with E-state index in [1.807, 2.05) is 0 Å².